The van der Waals surface area contributed by atoms with Gasteiger partial charge in [-0.05, 0) is 54.6 Å². The first-order valence-corrected chi connectivity index (χ1v) is 9.35. The van der Waals surface area contributed by atoms with E-state index in [1.165, 1.54) is 0 Å². The standard InChI is InChI=1S/C23H21NO5/c1-26-19-5-2-3-6-21(19)29-18-10-8-17(9-11-18)24-23(25)16-7-12-20-22(15-16)28-14-4-13-27-20/h2-3,5-12,15H,4,13-14H2,1H3,(H,24,25). The molecule has 29 heavy (non-hydrogen) atoms. The molecule has 148 valence electrons. The van der Waals surface area contributed by atoms with Gasteiger partial charge < -0.3 is 24.3 Å². The Balaban J connectivity index is 1.43. The molecule has 0 unspecified atom stereocenters. The number of fused-ring (bicyclic) bond motifs is 1. The molecule has 1 amide bonds. The van der Waals surface area contributed by atoms with Crippen LogP contribution >= 0.6 is 0 Å². The van der Waals surface area contributed by atoms with Crippen LogP contribution in [0.4, 0.5) is 5.69 Å². The molecule has 3 aromatic rings. The van der Waals surface area contributed by atoms with Gasteiger partial charge in [0.15, 0.2) is 23.0 Å². The summed E-state index contributed by atoms with van der Waals surface area (Å²) in [6.07, 6.45) is 0.819. The predicted molar refractivity (Wildman–Crippen MR) is 110 cm³/mol. The molecule has 1 N–H and O–H groups in total. The molecular weight excluding hydrogens is 370 g/mol. The van der Waals surface area contributed by atoms with Gasteiger partial charge in [0.05, 0.1) is 20.3 Å². The fourth-order valence-electron chi connectivity index (χ4n) is 2.94. The summed E-state index contributed by atoms with van der Waals surface area (Å²) >= 11 is 0. The SMILES string of the molecule is COc1ccccc1Oc1ccc(NC(=O)c2ccc3c(c2)OCCCO3)cc1. The van der Waals surface area contributed by atoms with Gasteiger partial charge in [-0.25, -0.2) is 0 Å². The van der Waals surface area contributed by atoms with Crippen molar-refractivity contribution in [2.24, 2.45) is 0 Å². The molecule has 1 aliphatic heterocycles. The lowest BCUT2D eigenvalue weighted by atomic mass is 10.2. The highest BCUT2D eigenvalue weighted by Gasteiger charge is 2.14. The molecule has 6 nitrogen and oxygen atoms in total. The Morgan fingerprint density at radius 2 is 1.62 bits per heavy atom. The van der Waals surface area contributed by atoms with Crippen molar-refractivity contribution in [1.29, 1.82) is 0 Å². The molecular formula is C23H21NO5. The number of carbonyl (C=O) groups excluding carboxylic acids is 1. The summed E-state index contributed by atoms with van der Waals surface area (Å²) in [5, 5.41) is 2.88. The number of hydrogen-bond donors (Lipinski definition) is 1. The van der Waals surface area contributed by atoms with Crippen molar-refractivity contribution in [2.45, 2.75) is 6.42 Å². The van der Waals surface area contributed by atoms with Crippen LogP contribution in [0.2, 0.25) is 0 Å². The van der Waals surface area contributed by atoms with E-state index in [4.69, 9.17) is 18.9 Å². The maximum absolute atomic E-state index is 12.6. The van der Waals surface area contributed by atoms with Crippen LogP contribution in [0.15, 0.2) is 66.7 Å². The van der Waals surface area contributed by atoms with E-state index in [-0.39, 0.29) is 5.91 Å². The maximum atomic E-state index is 12.6. The summed E-state index contributed by atoms with van der Waals surface area (Å²) < 4.78 is 22.4. The second-order valence-electron chi connectivity index (χ2n) is 6.44. The number of ether oxygens (including phenoxy) is 4. The molecule has 1 aliphatic rings. The Kier molecular flexibility index (Phi) is 5.52. The molecule has 1 heterocycles. The Morgan fingerprint density at radius 3 is 2.38 bits per heavy atom. The van der Waals surface area contributed by atoms with Crippen LogP contribution in [0.5, 0.6) is 28.7 Å². The maximum Gasteiger partial charge on any atom is 0.255 e. The summed E-state index contributed by atoms with van der Waals surface area (Å²) in [5.41, 5.74) is 1.16. The quantitative estimate of drug-likeness (QED) is 0.670. The number of para-hydroxylation sites is 2. The van der Waals surface area contributed by atoms with Gasteiger partial charge in [0.2, 0.25) is 0 Å². The third kappa shape index (κ3) is 4.43. The summed E-state index contributed by atoms with van der Waals surface area (Å²) in [5.74, 6) is 2.95. The largest absolute Gasteiger partial charge is 0.493 e. The minimum absolute atomic E-state index is 0.223. The minimum Gasteiger partial charge on any atom is -0.493 e. The van der Waals surface area contributed by atoms with Crippen molar-refractivity contribution < 1.29 is 23.7 Å². The van der Waals surface area contributed by atoms with Gasteiger partial charge >= 0.3 is 0 Å². The fourth-order valence-corrected chi connectivity index (χ4v) is 2.94. The number of rotatable bonds is 5. The molecule has 0 aliphatic carbocycles. The lowest BCUT2D eigenvalue weighted by molar-refractivity contribution is 0.102. The third-order valence-electron chi connectivity index (χ3n) is 4.42. The van der Waals surface area contributed by atoms with Crippen molar-refractivity contribution in [1.82, 2.24) is 0 Å². The first-order valence-electron chi connectivity index (χ1n) is 9.35. The number of benzene rings is 3. The minimum atomic E-state index is -0.223. The number of methoxy groups -OCH3 is 1. The van der Waals surface area contributed by atoms with Crippen molar-refractivity contribution in [3.8, 4) is 28.7 Å². The zero-order valence-electron chi connectivity index (χ0n) is 16.0. The first kappa shape index (κ1) is 18.7. The average molecular weight is 391 g/mol. The Labute approximate surface area is 169 Å². The van der Waals surface area contributed by atoms with Crippen molar-refractivity contribution >= 4 is 11.6 Å². The van der Waals surface area contributed by atoms with Gasteiger partial charge in [0.25, 0.3) is 5.91 Å². The smallest absolute Gasteiger partial charge is 0.255 e. The van der Waals surface area contributed by atoms with Crippen LogP contribution < -0.4 is 24.3 Å². The molecule has 0 aromatic heterocycles. The molecule has 3 aromatic carbocycles. The monoisotopic (exact) mass is 391 g/mol. The van der Waals surface area contributed by atoms with E-state index < -0.39 is 0 Å². The lowest BCUT2D eigenvalue weighted by Crippen LogP contribution is -2.12. The molecule has 0 radical (unpaired) electrons. The molecule has 6 heteroatoms. The Morgan fingerprint density at radius 1 is 0.897 bits per heavy atom. The normalized spacial score (nSPS) is 12.6. The van der Waals surface area contributed by atoms with Gasteiger partial charge in [-0.1, -0.05) is 12.1 Å². The lowest BCUT2D eigenvalue weighted by Gasteiger charge is -2.11. The van der Waals surface area contributed by atoms with Crippen molar-refractivity contribution in [2.75, 3.05) is 25.6 Å². The van der Waals surface area contributed by atoms with Gasteiger partial charge in [0, 0.05) is 17.7 Å². The van der Waals surface area contributed by atoms with E-state index in [1.807, 2.05) is 24.3 Å². The summed E-state index contributed by atoms with van der Waals surface area (Å²) in [4.78, 5) is 12.6. The molecule has 4 rings (SSSR count). The zero-order valence-corrected chi connectivity index (χ0v) is 16.0. The molecule has 0 saturated heterocycles. The topological polar surface area (TPSA) is 66.0 Å². The summed E-state index contributed by atoms with van der Waals surface area (Å²) in [6, 6.07) is 19.8. The van der Waals surface area contributed by atoms with Gasteiger partial charge in [0.1, 0.15) is 5.75 Å². The van der Waals surface area contributed by atoms with E-state index in [1.54, 1.807) is 49.6 Å². The Hall–Kier alpha value is -3.67. The third-order valence-corrected chi connectivity index (χ3v) is 4.42. The Bertz CT molecular complexity index is 1000. The molecule has 0 fully saturated rings. The highest BCUT2D eigenvalue weighted by molar-refractivity contribution is 6.04. The fraction of sp³-hybridized carbons (Fsp3) is 0.174. The number of hydrogen-bond acceptors (Lipinski definition) is 5. The summed E-state index contributed by atoms with van der Waals surface area (Å²) in [7, 11) is 1.60. The van der Waals surface area contributed by atoms with E-state index in [0.29, 0.717) is 53.2 Å². The van der Waals surface area contributed by atoms with E-state index in [0.717, 1.165) is 6.42 Å². The van der Waals surface area contributed by atoms with Crippen LogP contribution in [0.25, 0.3) is 0 Å². The van der Waals surface area contributed by atoms with Crippen LogP contribution in [-0.2, 0) is 0 Å². The number of carbonyl (C=O) groups is 1. The first-order chi connectivity index (χ1) is 14.2. The van der Waals surface area contributed by atoms with Gasteiger partial charge in [-0.2, -0.15) is 0 Å². The van der Waals surface area contributed by atoms with Gasteiger partial charge in [-0.3, -0.25) is 4.79 Å². The number of anilines is 1. The van der Waals surface area contributed by atoms with E-state index >= 15 is 0 Å². The van der Waals surface area contributed by atoms with E-state index in [9.17, 15) is 4.79 Å². The average Bonchev–Trinajstić information content (AvgIpc) is 3.00. The molecule has 0 spiro atoms. The second kappa shape index (κ2) is 8.56. The van der Waals surface area contributed by atoms with Crippen LogP contribution in [0.3, 0.4) is 0 Å². The number of amides is 1. The zero-order chi connectivity index (χ0) is 20.1. The van der Waals surface area contributed by atoms with Crippen LogP contribution in [0.1, 0.15) is 16.8 Å². The van der Waals surface area contributed by atoms with Crippen molar-refractivity contribution in [3.05, 3.63) is 72.3 Å². The predicted octanol–water partition coefficient (Wildman–Crippen LogP) is 4.90. The van der Waals surface area contributed by atoms with E-state index in [2.05, 4.69) is 5.32 Å². The summed E-state index contributed by atoms with van der Waals surface area (Å²) in [6.45, 7) is 1.19. The highest BCUT2D eigenvalue weighted by Crippen LogP contribution is 2.32. The van der Waals surface area contributed by atoms with Crippen LogP contribution in [-0.4, -0.2) is 26.2 Å². The van der Waals surface area contributed by atoms with Gasteiger partial charge in [-0.15, -0.1) is 0 Å². The number of nitrogens with one attached hydrogen (secondary N) is 1. The molecule has 0 bridgehead atoms. The van der Waals surface area contributed by atoms with Crippen LogP contribution in [0, 0.1) is 0 Å². The molecule has 0 atom stereocenters. The van der Waals surface area contributed by atoms with Crippen molar-refractivity contribution in [3.63, 3.8) is 0 Å². The highest BCUT2D eigenvalue weighted by atomic mass is 16.5. The molecule has 0 saturated carbocycles. The second-order valence-corrected chi connectivity index (χ2v) is 6.44.